The summed E-state index contributed by atoms with van der Waals surface area (Å²) in [5.41, 5.74) is 2.74. The molecule has 0 radical (unpaired) electrons. The van der Waals surface area contributed by atoms with Gasteiger partial charge in [0.1, 0.15) is 5.75 Å². The fourth-order valence-corrected chi connectivity index (χ4v) is 2.75. The van der Waals surface area contributed by atoms with Crippen molar-refractivity contribution in [2.45, 2.75) is 39.7 Å². The third-order valence-electron chi connectivity index (χ3n) is 4.24. The van der Waals surface area contributed by atoms with E-state index in [2.05, 4.69) is 20.2 Å². The molecule has 3 rings (SSSR count). The molecule has 0 aliphatic heterocycles. The van der Waals surface area contributed by atoms with Crippen molar-refractivity contribution in [2.24, 2.45) is 0 Å². The number of para-hydroxylation sites is 1. The molecule has 0 spiro atoms. The highest BCUT2D eigenvalue weighted by molar-refractivity contribution is 5.96. The number of halogens is 2. The number of ether oxygens (including phenoxy) is 1. The Labute approximate surface area is 166 Å². The number of carbonyl (C=O) groups is 1. The lowest BCUT2D eigenvalue weighted by Gasteiger charge is -2.12. The van der Waals surface area contributed by atoms with E-state index in [1.807, 2.05) is 32.9 Å². The monoisotopic (exact) mass is 401 g/mol. The summed E-state index contributed by atoms with van der Waals surface area (Å²) in [6, 6.07) is 11.5. The van der Waals surface area contributed by atoms with Crippen LogP contribution in [0.2, 0.25) is 0 Å². The normalized spacial score (nSPS) is 11.1. The molecule has 29 heavy (non-hydrogen) atoms. The van der Waals surface area contributed by atoms with Gasteiger partial charge in [0, 0.05) is 5.92 Å². The largest absolute Gasteiger partial charge is 0.435 e. The topological polar surface area (TPSA) is 77.3 Å². The minimum atomic E-state index is -2.88. The molecule has 0 saturated heterocycles. The van der Waals surface area contributed by atoms with Gasteiger partial charge in [-0.15, -0.1) is 0 Å². The Morgan fingerprint density at radius 2 is 1.90 bits per heavy atom. The molecule has 0 bridgehead atoms. The summed E-state index contributed by atoms with van der Waals surface area (Å²) in [5, 5.41) is 6.87. The molecule has 152 valence electrons. The second kappa shape index (κ2) is 8.81. The van der Waals surface area contributed by atoms with Gasteiger partial charge in [-0.25, -0.2) is 0 Å². The molecule has 0 atom stereocenters. The molecule has 0 fully saturated rings. The van der Waals surface area contributed by atoms with Gasteiger partial charge < -0.3 is 14.6 Å². The molecule has 0 aliphatic carbocycles. The number of rotatable bonds is 7. The van der Waals surface area contributed by atoms with Crippen molar-refractivity contribution >= 4 is 11.6 Å². The SMILES string of the molecule is Cc1cccc(-c2nc(C(C)C)no2)c1NC(=O)Cc1ccc(OC(F)F)cc1. The van der Waals surface area contributed by atoms with Gasteiger partial charge in [-0.1, -0.05) is 43.3 Å². The molecule has 1 aromatic heterocycles. The number of nitrogens with zero attached hydrogens (tertiary/aromatic N) is 2. The van der Waals surface area contributed by atoms with Crippen LogP contribution in [0.15, 0.2) is 47.0 Å². The van der Waals surface area contributed by atoms with Crippen molar-refractivity contribution in [2.75, 3.05) is 5.32 Å². The summed E-state index contributed by atoms with van der Waals surface area (Å²) >= 11 is 0. The Kier molecular flexibility index (Phi) is 6.21. The maximum atomic E-state index is 12.6. The number of aromatic nitrogens is 2. The molecular weight excluding hydrogens is 380 g/mol. The van der Waals surface area contributed by atoms with Crippen LogP contribution in [0.5, 0.6) is 5.75 Å². The summed E-state index contributed by atoms with van der Waals surface area (Å²) in [4.78, 5) is 17.0. The van der Waals surface area contributed by atoms with Crippen LogP contribution in [0.4, 0.5) is 14.5 Å². The van der Waals surface area contributed by atoms with E-state index in [1.165, 1.54) is 12.1 Å². The van der Waals surface area contributed by atoms with Crippen LogP contribution in [0.1, 0.15) is 36.7 Å². The van der Waals surface area contributed by atoms with Gasteiger partial charge >= 0.3 is 6.61 Å². The molecule has 0 saturated carbocycles. The third kappa shape index (κ3) is 5.16. The smallest absolute Gasteiger partial charge is 0.387 e. The molecule has 6 nitrogen and oxygen atoms in total. The second-order valence-electron chi connectivity index (χ2n) is 6.86. The summed E-state index contributed by atoms with van der Waals surface area (Å²) in [7, 11) is 0. The average molecular weight is 401 g/mol. The van der Waals surface area contributed by atoms with Gasteiger partial charge in [0.2, 0.25) is 5.91 Å². The highest BCUT2D eigenvalue weighted by atomic mass is 19.3. The van der Waals surface area contributed by atoms with Crippen LogP contribution in [-0.4, -0.2) is 22.7 Å². The predicted molar refractivity (Wildman–Crippen MR) is 104 cm³/mol. The van der Waals surface area contributed by atoms with E-state index >= 15 is 0 Å². The maximum absolute atomic E-state index is 12.6. The van der Waals surface area contributed by atoms with E-state index in [4.69, 9.17) is 4.52 Å². The maximum Gasteiger partial charge on any atom is 0.387 e. The van der Waals surface area contributed by atoms with Gasteiger partial charge in [0.05, 0.1) is 17.7 Å². The van der Waals surface area contributed by atoms with Gasteiger partial charge in [0.15, 0.2) is 5.82 Å². The Morgan fingerprint density at radius 1 is 1.17 bits per heavy atom. The van der Waals surface area contributed by atoms with Gasteiger partial charge in [-0.2, -0.15) is 13.8 Å². The van der Waals surface area contributed by atoms with Crippen LogP contribution in [0.25, 0.3) is 11.5 Å². The Hall–Kier alpha value is -3.29. The van der Waals surface area contributed by atoms with E-state index in [-0.39, 0.29) is 24.0 Å². The second-order valence-corrected chi connectivity index (χ2v) is 6.86. The molecule has 2 aromatic carbocycles. The minimum absolute atomic E-state index is 0.0442. The molecule has 1 amide bonds. The molecule has 8 heteroatoms. The van der Waals surface area contributed by atoms with E-state index in [9.17, 15) is 13.6 Å². The number of hydrogen-bond acceptors (Lipinski definition) is 5. The Morgan fingerprint density at radius 3 is 2.52 bits per heavy atom. The van der Waals surface area contributed by atoms with Crippen LogP contribution in [-0.2, 0) is 11.2 Å². The predicted octanol–water partition coefficient (Wildman–Crippen LogP) is 4.95. The number of anilines is 1. The van der Waals surface area contributed by atoms with Crippen molar-refractivity contribution < 1.29 is 22.8 Å². The zero-order valence-corrected chi connectivity index (χ0v) is 16.3. The third-order valence-corrected chi connectivity index (χ3v) is 4.24. The lowest BCUT2D eigenvalue weighted by Crippen LogP contribution is -2.16. The molecule has 0 unspecified atom stereocenters. The van der Waals surface area contributed by atoms with E-state index in [1.54, 1.807) is 18.2 Å². The van der Waals surface area contributed by atoms with Crippen molar-refractivity contribution in [1.82, 2.24) is 10.1 Å². The number of alkyl halides is 2. The molecular formula is C21H21F2N3O3. The average Bonchev–Trinajstić information content (AvgIpc) is 3.15. The molecule has 0 aliphatic rings. The number of benzene rings is 2. The zero-order valence-electron chi connectivity index (χ0n) is 16.3. The Balaban J connectivity index is 1.76. The summed E-state index contributed by atoms with van der Waals surface area (Å²) in [6.45, 7) is 2.91. The standard InChI is InChI=1S/C21H21F2N3O3/c1-12(2)19-25-20(29-26-19)16-6-4-5-13(3)18(16)24-17(27)11-14-7-9-15(10-8-14)28-21(22)23/h4-10,12,21H,11H2,1-3H3,(H,24,27). The number of hydrogen-bond donors (Lipinski definition) is 1. The van der Waals surface area contributed by atoms with Gasteiger partial charge in [-0.3, -0.25) is 4.79 Å². The van der Waals surface area contributed by atoms with E-state index < -0.39 is 6.61 Å². The summed E-state index contributed by atoms with van der Waals surface area (Å²) in [5.74, 6) is 0.827. The van der Waals surface area contributed by atoms with Crippen molar-refractivity contribution in [1.29, 1.82) is 0 Å². The highest BCUT2D eigenvalue weighted by Gasteiger charge is 2.18. The lowest BCUT2D eigenvalue weighted by atomic mass is 10.1. The number of nitrogens with one attached hydrogen (secondary N) is 1. The molecule has 1 N–H and O–H groups in total. The zero-order chi connectivity index (χ0) is 21.0. The first kappa shape index (κ1) is 20.4. The van der Waals surface area contributed by atoms with Crippen LogP contribution >= 0.6 is 0 Å². The van der Waals surface area contributed by atoms with Crippen molar-refractivity contribution in [3.63, 3.8) is 0 Å². The molecule has 1 heterocycles. The Bertz CT molecular complexity index is 985. The number of carbonyl (C=O) groups excluding carboxylic acids is 1. The lowest BCUT2D eigenvalue weighted by molar-refractivity contribution is -0.115. The quantitative estimate of drug-likeness (QED) is 0.606. The summed E-state index contributed by atoms with van der Waals surface area (Å²) < 4.78 is 34.1. The van der Waals surface area contributed by atoms with Crippen molar-refractivity contribution in [3.8, 4) is 17.2 Å². The van der Waals surface area contributed by atoms with E-state index in [0.29, 0.717) is 28.5 Å². The molecule has 3 aromatic rings. The number of aryl methyl sites for hydroxylation is 1. The fraction of sp³-hybridized carbons (Fsp3) is 0.286. The van der Waals surface area contributed by atoms with Crippen molar-refractivity contribution in [3.05, 3.63) is 59.4 Å². The summed E-state index contributed by atoms with van der Waals surface area (Å²) in [6.07, 6.45) is 0.0732. The minimum Gasteiger partial charge on any atom is -0.435 e. The number of amides is 1. The van der Waals surface area contributed by atoms with Crippen LogP contribution < -0.4 is 10.1 Å². The van der Waals surface area contributed by atoms with Gasteiger partial charge in [0.25, 0.3) is 5.89 Å². The highest BCUT2D eigenvalue weighted by Crippen LogP contribution is 2.30. The van der Waals surface area contributed by atoms with E-state index in [0.717, 1.165) is 5.56 Å². The first-order valence-electron chi connectivity index (χ1n) is 9.10. The van der Waals surface area contributed by atoms with Crippen LogP contribution in [0, 0.1) is 6.92 Å². The first-order valence-corrected chi connectivity index (χ1v) is 9.10. The van der Waals surface area contributed by atoms with Gasteiger partial charge in [-0.05, 0) is 36.2 Å². The first-order chi connectivity index (χ1) is 13.8. The van der Waals surface area contributed by atoms with Crippen LogP contribution in [0.3, 0.4) is 0 Å². The fourth-order valence-electron chi connectivity index (χ4n) is 2.75.